The molecule has 0 saturated carbocycles. The molecule has 8 nitrogen and oxygen atoms in total. The molecular weight excluding hydrogens is 449 g/mol. The third-order valence-electron chi connectivity index (χ3n) is 4.66. The van der Waals surface area contributed by atoms with Crippen molar-refractivity contribution in [3.63, 3.8) is 0 Å². The van der Waals surface area contributed by atoms with Gasteiger partial charge in [-0.2, -0.15) is 0 Å². The fourth-order valence-corrected chi connectivity index (χ4v) is 5.84. The second-order valence-corrected chi connectivity index (χ2v) is 10.6. The Kier molecular flexibility index (Phi) is 5.73. The molecule has 0 bridgehead atoms. The summed E-state index contributed by atoms with van der Waals surface area (Å²) >= 11 is 0. The van der Waals surface area contributed by atoms with E-state index in [2.05, 4.69) is 4.72 Å². The van der Waals surface area contributed by atoms with Gasteiger partial charge in [0.15, 0.2) is 21.3 Å². The molecule has 2 heterocycles. The van der Waals surface area contributed by atoms with Crippen molar-refractivity contribution in [2.45, 2.75) is 15.0 Å². The molecule has 0 saturated heterocycles. The predicted molar refractivity (Wildman–Crippen MR) is 108 cm³/mol. The van der Waals surface area contributed by atoms with Crippen LogP contribution in [0.4, 0.5) is 4.39 Å². The molecular formula is C20H18FNO7S2. The summed E-state index contributed by atoms with van der Waals surface area (Å²) in [4.78, 5) is -0.261. The van der Waals surface area contributed by atoms with Gasteiger partial charge in [-0.3, -0.25) is 0 Å². The zero-order valence-electron chi connectivity index (χ0n) is 16.0. The molecule has 164 valence electrons. The van der Waals surface area contributed by atoms with Crippen LogP contribution in [0.2, 0.25) is 0 Å². The maximum Gasteiger partial charge on any atom is 0.240 e. The van der Waals surface area contributed by atoms with Crippen LogP contribution in [-0.2, 0) is 19.9 Å². The van der Waals surface area contributed by atoms with Crippen molar-refractivity contribution in [1.29, 1.82) is 0 Å². The number of benzene rings is 2. The molecule has 4 rings (SSSR count). The van der Waals surface area contributed by atoms with Crippen LogP contribution in [0.5, 0.6) is 11.5 Å². The number of nitrogens with one attached hydrogen (secondary N) is 1. The van der Waals surface area contributed by atoms with E-state index >= 15 is 0 Å². The van der Waals surface area contributed by atoms with Crippen molar-refractivity contribution >= 4 is 19.9 Å². The number of ether oxygens (including phenoxy) is 2. The maximum atomic E-state index is 13.2. The summed E-state index contributed by atoms with van der Waals surface area (Å²) in [5.74, 6) is 0.176. The monoisotopic (exact) mass is 467 g/mol. The van der Waals surface area contributed by atoms with Gasteiger partial charge in [0.05, 0.1) is 16.1 Å². The summed E-state index contributed by atoms with van der Waals surface area (Å²) in [6.45, 7) is 0.161. The summed E-state index contributed by atoms with van der Waals surface area (Å²) in [7, 11) is -8.17. The Labute approximate surface area is 178 Å². The van der Waals surface area contributed by atoms with Crippen molar-refractivity contribution < 1.29 is 35.1 Å². The van der Waals surface area contributed by atoms with Gasteiger partial charge in [-0.15, -0.1) is 0 Å². The summed E-state index contributed by atoms with van der Waals surface area (Å²) in [6.07, 6.45) is 1.29. The molecule has 1 atom stereocenters. The van der Waals surface area contributed by atoms with E-state index in [1.165, 1.54) is 36.6 Å². The van der Waals surface area contributed by atoms with E-state index in [1.807, 2.05) is 0 Å². The molecule has 3 aromatic rings. The normalized spacial score (nSPS) is 14.9. The van der Waals surface area contributed by atoms with E-state index in [0.29, 0.717) is 19.0 Å². The molecule has 0 amide bonds. The van der Waals surface area contributed by atoms with Crippen LogP contribution in [-0.4, -0.2) is 36.6 Å². The SMILES string of the molecule is O=S(=O)(NC[C@H](c1ccco1)S(=O)(=O)c1ccc(F)cc1)c1ccc2c(c1)OCCO2. The second kappa shape index (κ2) is 8.33. The van der Waals surface area contributed by atoms with Crippen molar-refractivity contribution in [2.24, 2.45) is 0 Å². The lowest BCUT2D eigenvalue weighted by atomic mass is 10.3. The van der Waals surface area contributed by atoms with Crippen molar-refractivity contribution in [3.8, 4) is 11.5 Å². The van der Waals surface area contributed by atoms with Gasteiger partial charge in [0.1, 0.15) is 30.0 Å². The number of fused-ring (bicyclic) bond motifs is 1. The fraction of sp³-hybridized carbons (Fsp3) is 0.200. The number of hydrogen-bond donors (Lipinski definition) is 1. The third-order valence-corrected chi connectivity index (χ3v) is 8.16. The number of sulfonamides is 1. The Morgan fingerprint density at radius 3 is 2.26 bits per heavy atom. The maximum absolute atomic E-state index is 13.2. The predicted octanol–water partition coefficient (Wildman–Crippen LogP) is 2.68. The zero-order valence-corrected chi connectivity index (χ0v) is 17.7. The summed E-state index contributed by atoms with van der Waals surface area (Å²) < 4.78 is 83.5. The first kappa shape index (κ1) is 21.3. The van der Waals surface area contributed by atoms with Gasteiger partial charge < -0.3 is 13.9 Å². The topological polar surface area (TPSA) is 112 Å². The molecule has 11 heteroatoms. The lowest BCUT2D eigenvalue weighted by Gasteiger charge is -2.20. The molecule has 1 aromatic heterocycles. The molecule has 2 aromatic carbocycles. The minimum absolute atomic E-state index is 0.0502. The minimum Gasteiger partial charge on any atom is -0.486 e. The first-order valence-electron chi connectivity index (χ1n) is 9.19. The van der Waals surface area contributed by atoms with Crippen LogP contribution < -0.4 is 14.2 Å². The summed E-state index contributed by atoms with van der Waals surface area (Å²) in [6, 6.07) is 11.3. The number of furan rings is 1. The molecule has 0 fully saturated rings. The minimum atomic E-state index is -4.09. The third kappa shape index (κ3) is 4.43. The summed E-state index contributed by atoms with van der Waals surface area (Å²) in [5, 5.41) is -1.36. The Morgan fingerprint density at radius 2 is 1.58 bits per heavy atom. The van der Waals surface area contributed by atoms with Crippen LogP contribution in [0.3, 0.4) is 0 Å². The largest absolute Gasteiger partial charge is 0.486 e. The molecule has 0 aliphatic carbocycles. The first-order valence-corrected chi connectivity index (χ1v) is 12.2. The highest BCUT2D eigenvalue weighted by Gasteiger charge is 2.33. The van der Waals surface area contributed by atoms with E-state index in [4.69, 9.17) is 13.9 Å². The first-order chi connectivity index (χ1) is 14.8. The number of halogens is 1. The van der Waals surface area contributed by atoms with Crippen molar-refractivity contribution in [3.05, 3.63) is 72.4 Å². The molecule has 0 radical (unpaired) electrons. The van der Waals surface area contributed by atoms with Gasteiger partial charge in [-0.25, -0.2) is 25.9 Å². The lowest BCUT2D eigenvalue weighted by molar-refractivity contribution is 0.171. The van der Waals surface area contributed by atoms with Crippen LogP contribution in [0.25, 0.3) is 0 Å². The Morgan fingerprint density at radius 1 is 0.903 bits per heavy atom. The van der Waals surface area contributed by atoms with E-state index in [0.717, 1.165) is 24.3 Å². The quantitative estimate of drug-likeness (QED) is 0.532. The Bertz CT molecular complexity index is 1270. The average molecular weight is 467 g/mol. The van der Waals surface area contributed by atoms with E-state index in [1.54, 1.807) is 0 Å². The van der Waals surface area contributed by atoms with E-state index < -0.39 is 37.5 Å². The van der Waals surface area contributed by atoms with Gasteiger partial charge in [-0.05, 0) is 48.5 Å². The number of rotatable bonds is 7. The smallest absolute Gasteiger partial charge is 0.240 e. The van der Waals surface area contributed by atoms with Crippen LogP contribution in [0, 0.1) is 5.82 Å². The molecule has 1 N–H and O–H groups in total. The highest BCUT2D eigenvalue weighted by molar-refractivity contribution is 7.92. The Hall–Kier alpha value is -2.89. The number of sulfone groups is 1. The van der Waals surface area contributed by atoms with E-state index in [-0.39, 0.29) is 21.3 Å². The van der Waals surface area contributed by atoms with Gasteiger partial charge in [0.25, 0.3) is 0 Å². The highest BCUT2D eigenvalue weighted by atomic mass is 32.2. The Balaban J connectivity index is 1.62. The van der Waals surface area contributed by atoms with Gasteiger partial charge in [0.2, 0.25) is 10.0 Å². The highest BCUT2D eigenvalue weighted by Crippen LogP contribution is 2.33. The molecule has 1 aliphatic rings. The standard InChI is InChI=1S/C20H18FNO7S2/c21-14-3-5-15(6-4-14)30(23,24)20(18-2-1-9-27-18)13-22-31(25,26)16-7-8-17-19(12-16)29-11-10-28-17/h1-9,12,20,22H,10-11,13H2/t20-/m1/s1. The van der Waals surface area contributed by atoms with Crippen LogP contribution >= 0.6 is 0 Å². The van der Waals surface area contributed by atoms with Crippen LogP contribution in [0.1, 0.15) is 11.0 Å². The fourth-order valence-electron chi connectivity index (χ4n) is 3.09. The average Bonchev–Trinajstić information content (AvgIpc) is 3.28. The van der Waals surface area contributed by atoms with Crippen LogP contribution in [0.15, 0.2) is 75.1 Å². The van der Waals surface area contributed by atoms with Gasteiger partial charge >= 0.3 is 0 Å². The van der Waals surface area contributed by atoms with Gasteiger partial charge in [0, 0.05) is 12.6 Å². The molecule has 1 aliphatic heterocycles. The molecule has 0 unspecified atom stereocenters. The molecule has 31 heavy (non-hydrogen) atoms. The lowest BCUT2D eigenvalue weighted by Crippen LogP contribution is -2.32. The van der Waals surface area contributed by atoms with Gasteiger partial charge in [-0.1, -0.05) is 0 Å². The zero-order chi connectivity index (χ0) is 22.1. The molecule has 0 spiro atoms. The van der Waals surface area contributed by atoms with Crippen molar-refractivity contribution in [1.82, 2.24) is 4.72 Å². The van der Waals surface area contributed by atoms with Crippen molar-refractivity contribution in [2.75, 3.05) is 19.8 Å². The number of hydrogen-bond acceptors (Lipinski definition) is 7. The van der Waals surface area contributed by atoms with E-state index in [9.17, 15) is 21.2 Å². The summed E-state index contributed by atoms with van der Waals surface area (Å²) in [5.41, 5.74) is 0. The second-order valence-electron chi connectivity index (χ2n) is 6.66.